The second-order valence-electron chi connectivity index (χ2n) is 3.57. The van der Waals surface area contributed by atoms with Crippen molar-refractivity contribution in [3.05, 3.63) is 43.9 Å². The Balaban J connectivity index is 2.35. The number of rotatable bonds is 3. The molecule has 0 saturated heterocycles. The maximum Gasteiger partial charge on any atom is 0.108 e. The van der Waals surface area contributed by atoms with Gasteiger partial charge in [-0.1, -0.05) is 6.92 Å². The van der Waals surface area contributed by atoms with Crippen molar-refractivity contribution in [3.8, 4) is 0 Å². The summed E-state index contributed by atoms with van der Waals surface area (Å²) in [5.41, 5.74) is 1.08. The molecule has 2 aromatic rings. The molecule has 0 saturated carbocycles. The number of thiophene rings is 1. The van der Waals surface area contributed by atoms with E-state index in [0.717, 1.165) is 27.1 Å². The molecule has 0 fully saturated rings. The SMILES string of the molecule is CCc1occc1C(Cl)c1cc(Br)c(C)s1. The van der Waals surface area contributed by atoms with Crippen LogP contribution in [0.5, 0.6) is 0 Å². The van der Waals surface area contributed by atoms with E-state index in [-0.39, 0.29) is 5.38 Å². The first-order valence-electron chi connectivity index (χ1n) is 5.09. The number of furan rings is 1. The predicted octanol–water partition coefficient (Wildman–Crippen LogP) is 5.30. The van der Waals surface area contributed by atoms with Crippen LogP contribution in [-0.2, 0) is 6.42 Å². The maximum atomic E-state index is 6.47. The molecule has 2 rings (SSSR count). The van der Waals surface area contributed by atoms with Crippen molar-refractivity contribution in [3.63, 3.8) is 0 Å². The Morgan fingerprint density at radius 1 is 1.56 bits per heavy atom. The van der Waals surface area contributed by atoms with Crippen LogP contribution < -0.4 is 0 Å². The van der Waals surface area contributed by atoms with Crippen molar-refractivity contribution in [2.24, 2.45) is 0 Å². The second-order valence-corrected chi connectivity index (χ2v) is 6.15. The Labute approximate surface area is 113 Å². The van der Waals surface area contributed by atoms with E-state index in [1.165, 1.54) is 4.88 Å². The van der Waals surface area contributed by atoms with Crippen LogP contribution in [-0.4, -0.2) is 0 Å². The van der Waals surface area contributed by atoms with E-state index in [1.807, 2.05) is 6.07 Å². The van der Waals surface area contributed by atoms with Gasteiger partial charge >= 0.3 is 0 Å². The van der Waals surface area contributed by atoms with Gasteiger partial charge in [-0.05, 0) is 35.0 Å². The summed E-state index contributed by atoms with van der Waals surface area (Å²) in [7, 11) is 0. The molecule has 0 spiro atoms. The van der Waals surface area contributed by atoms with E-state index in [9.17, 15) is 0 Å². The van der Waals surface area contributed by atoms with E-state index in [0.29, 0.717) is 0 Å². The molecule has 0 aromatic carbocycles. The zero-order valence-electron chi connectivity index (χ0n) is 9.09. The van der Waals surface area contributed by atoms with Crippen molar-refractivity contribution in [2.75, 3.05) is 0 Å². The van der Waals surface area contributed by atoms with Gasteiger partial charge in [0.25, 0.3) is 0 Å². The fourth-order valence-electron chi connectivity index (χ4n) is 1.62. The number of halogens is 2. The zero-order chi connectivity index (χ0) is 11.7. The topological polar surface area (TPSA) is 13.1 Å². The minimum absolute atomic E-state index is 0.108. The fourth-order valence-corrected chi connectivity index (χ4v) is 3.57. The molecule has 2 aromatic heterocycles. The summed E-state index contributed by atoms with van der Waals surface area (Å²) in [5, 5.41) is -0.108. The van der Waals surface area contributed by atoms with E-state index in [1.54, 1.807) is 17.6 Å². The molecule has 16 heavy (non-hydrogen) atoms. The van der Waals surface area contributed by atoms with Gasteiger partial charge < -0.3 is 4.42 Å². The maximum absolute atomic E-state index is 6.47. The highest BCUT2D eigenvalue weighted by Crippen LogP contribution is 2.38. The molecule has 0 radical (unpaired) electrons. The third-order valence-corrected chi connectivity index (χ3v) is 5.30. The molecule has 1 nitrogen and oxygen atoms in total. The number of alkyl halides is 1. The molecule has 0 N–H and O–H groups in total. The normalized spacial score (nSPS) is 13.0. The van der Waals surface area contributed by atoms with Crippen LogP contribution in [0.25, 0.3) is 0 Å². The van der Waals surface area contributed by atoms with Crippen molar-refractivity contribution in [1.82, 2.24) is 0 Å². The molecule has 86 valence electrons. The van der Waals surface area contributed by atoms with Gasteiger partial charge in [0, 0.05) is 26.2 Å². The fraction of sp³-hybridized carbons (Fsp3) is 0.333. The summed E-state index contributed by atoms with van der Waals surface area (Å²) in [6, 6.07) is 4.05. The Kier molecular flexibility index (Phi) is 3.77. The quantitative estimate of drug-likeness (QED) is 0.699. The van der Waals surface area contributed by atoms with E-state index < -0.39 is 0 Å². The summed E-state index contributed by atoms with van der Waals surface area (Å²) >= 11 is 11.7. The molecular formula is C12H12BrClOS. The largest absolute Gasteiger partial charge is 0.469 e. The van der Waals surface area contributed by atoms with E-state index in [4.69, 9.17) is 16.0 Å². The van der Waals surface area contributed by atoms with Gasteiger partial charge in [0.2, 0.25) is 0 Å². The highest BCUT2D eigenvalue weighted by Gasteiger charge is 2.19. The lowest BCUT2D eigenvalue weighted by Crippen LogP contribution is -1.92. The van der Waals surface area contributed by atoms with Gasteiger partial charge in [0.1, 0.15) is 5.76 Å². The van der Waals surface area contributed by atoms with Gasteiger partial charge in [0.15, 0.2) is 0 Å². The molecule has 1 unspecified atom stereocenters. The number of aryl methyl sites for hydroxylation is 2. The van der Waals surface area contributed by atoms with Crippen LogP contribution in [0.2, 0.25) is 0 Å². The number of hydrogen-bond donors (Lipinski definition) is 0. The van der Waals surface area contributed by atoms with Gasteiger partial charge in [-0.2, -0.15) is 0 Å². The lowest BCUT2D eigenvalue weighted by atomic mass is 10.1. The van der Waals surface area contributed by atoms with Crippen molar-refractivity contribution in [2.45, 2.75) is 25.6 Å². The first-order valence-corrected chi connectivity index (χ1v) is 7.14. The van der Waals surface area contributed by atoms with E-state index in [2.05, 4.69) is 35.8 Å². The minimum atomic E-state index is -0.108. The summed E-state index contributed by atoms with van der Waals surface area (Å²) < 4.78 is 6.53. The highest BCUT2D eigenvalue weighted by atomic mass is 79.9. The van der Waals surface area contributed by atoms with Crippen molar-refractivity contribution < 1.29 is 4.42 Å². The standard InChI is InChI=1S/C12H12BrClOS/c1-3-10-8(4-5-15-10)12(14)11-6-9(13)7(2)16-11/h4-6,12H,3H2,1-2H3. The van der Waals surface area contributed by atoms with Crippen LogP contribution in [0.4, 0.5) is 0 Å². The van der Waals surface area contributed by atoms with Crippen LogP contribution in [0.1, 0.15) is 33.4 Å². The molecule has 0 amide bonds. The van der Waals surface area contributed by atoms with Crippen LogP contribution in [0.3, 0.4) is 0 Å². The highest BCUT2D eigenvalue weighted by molar-refractivity contribution is 9.10. The van der Waals surface area contributed by atoms with Crippen molar-refractivity contribution in [1.29, 1.82) is 0 Å². The molecule has 0 bridgehead atoms. The Morgan fingerprint density at radius 2 is 2.31 bits per heavy atom. The lowest BCUT2D eigenvalue weighted by molar-refractivity contribution is 0.512. The first kappa shape index (κ1) is 12.2. The first-order chi connectivity index (χ1) is 7.63. The Bertz CT molecular complexity index is 469. The molecule has 2 heterocycles. The molecule has 1 atom stereocenters. The molecule has 0 aliphatic heterocycles. The van der Waals surface area contributed by atoms with E-state index >= 15 is 0 Å². The average Bonchev–Trinajstić information content (AvgIpc) is 2.85. The molecule has 4 heteroatoms. The minimum Gasteiger partial charge on any atom is -0.469 e. The third-order valence-electron chi connectivity index (χ3n) is 2.50. The number of hydrogen-bond acceptors (Lipinski definition) is 2. The average molecular weight is 320 g/mol. The Hall–Kier alpha value is -0.250. The molecule has 0 aliphatic carbocycles. The van der Waals surface area contributed by atoms with Crippen LogP contribution in [0.15, 0.2) is 27.3 Å². The predicted molar refractivity (Wildman–Crippen MR) is 72.5 cm³/mol. The summed E-state index contributed by atoms with van der Waals surface area (Å²) in [6.07, 6.45) is 2.58. The summed E-state index contributed by atoms with van der Waals surface area (Å²) in [6.45, 7) is 4.15. The molecule has 0 aliphatic rings. The second kappa shape index (κ2) is 4.94. The van der Waals surface area contributed by atoms with Gasteiger partial charge in [-0.25, -0.2) is 0 Å². The third kappa shape index (κ3) is 2.22. The van der Waals surface area contributed by atoms with Gasteiger partial charge in [0.05, 0.1) is 11.6 Å². The molecular weight excluding hydrogens is 308 g/mol. The summed E-state index contributed by atoms with van der Waals surface area (Å²) in [5.74, 6) is 0.974. The monoisotopic (exact) mass is 318 g/mol. The van der Waals surface area contributed by atoms with Crippen LogP contribution in [0, 0.1) is 6.92 Å². The lowest BCUT2D eigenvalue weighted by Gasteiger charge is -2.06. The zero-order valence-corrected chi connectivity index (χ0v) is 12.2. The van der Waals surface area contributed by atoms with Crippen molar-refractivity contribution >= 4 is 38.9 Å². The smallest absolute Gasteiger partial charge is 0.108 e. The Morgan fingerprint density at radius 3 is 2.88 bits per heavy atom. The van der Waals surface area contributed by atoms with Gasteiger partial charge in [-0.3, -0.25) is 0 Å². The van der Waals surface area contributed by atoms with Gasteiger partial charge in [-0.15, -0.1) is 22.9 Å². The van der Waals surface area contributed by atoms with Crippen LogP contribution >= 0.6 is 38.9 Å². The summed E-state index contributed by atoms with van der Waals surface area (Å²) in [4.78, 5) is 2.41.